The summed E-state index contributed by atoms with van der Waals surface area (Å²) in [5, 5.41) is 3.67. The predicted molar refractivity (Wildman–Crippen MR) is 82.8 cm³/mol. The van der Waals surface area contributed by atoms with Crippen molar-refractivity contribution in [1.82, 2.24) is 5.32 Å². The Bertz CT molecular complexity index is 387. The lowest BCUT2D eigenvalue weighted by molar-refractivity contribution is 0.384. The number of methoxy groups -OCH3 is 1. The molecule has 0 saturated carbocycles. The van der Waals surface area contributed by atoms with Crippen LogP contribution in [0.2, 0.25) is 0 Å². The Morgan fingerprint density at radius 3 is 2.37 bits per heavy atom. The van der Waals surface area contributed by atoms with E-state index in [1.165, 1.54) is 24.0 Å². The fourth-order valence-electron chi connectivity index (χ4n) is 2.38. The molecule has 0 aliphatic heterocycles. The summed E-state index contributed by atoms with van der Waals surface area (Å²) >= 11 is 0. The van der Waals surface area contributed by atoms with E-state index in [1.54, 1.807) is 7.11 Å². The molecule has 2 nitrogen and oxygen atoms in total. The maximum Gasteiger partial charge on any atom is 0.123 e. The van der Waals surface area contributed by atoms with Crippen molar-refractivity contribution in [3.05, 3.63) is 29.3 Å². The molecule has 0 bridgehead atoms. The molecule has 2 atom stereocenters. The molecule has 0 radical (unpaired) electrons. The van der Waals surface area contributed by atoms with E-state index >= 15 is 0 Å². The van der Waals surface area contributed by atoms with E-state index in [9.17, 15) is 0 Å². The molecule has 1 aromatic rings. The van der Waals surface area contributed by atoms with Crippen LogP contribution in [-0.4, -0.2) is 13.2 Å². The minimum Gasteiger partial charge on any atom is -0.496 e. The molecular weight excluding hydrogens is 234 g/mol. The van der Waals surface area contributed by atoms with Crippen molar-refractivity contribution in [2.45, 2.75) is 59.5 Å². The summed E-state index contributed by atoms with van der Waals surface area (Å²) in [5.41, 5.74) is 2.53. The van der Waals surface area contributed by atoms with Gasteiger partial charge < -0.3 is 10.1 Å². The number of ether oxygens (including phenoxy) is 1. The van der Waals surface area contributed by atoms with Crippen molar-refractivity contribution in [1.29, 1.82) is 0 Å². The van der Waals surface area contributed by atoms with E-state index in [4.69, 9.17) is 4.74 Å². The first kappa shape index (κ1) is 16.0. The number of hydrogen-bond acceptors (Lipinski definition) is 2. The van der Waals surface area contributed by atoms with Crippen molar-refractivity contribution in [2.24, 2.45) is 5.92 Å². The van der Waals surface area contributed by atoms with Gasteiger partial charge in [0.25, 0.3) is 0 Å². The molecule has 0 aliphatic rings. The second-order valence-electron chi connectivity index (χ2n) is 6.01. The van der Waals surface area contributed by atoms with Gasteiger partial charge in [0, 0.05) is 17.6 Å². The van der Waals surface area contributed by atoms with Crippen molar-refractivity contribution >= 4 is 0 Å². The maximum atomic E-state index is 5.46. The van der Waals surface area contributed by atoms with Crippen LogP contribution in [0.15, 0.2) is 18.2 Å². The molecule has 1 N–H and O–H groups in total. The molecule has 0 saturated heterocycles. The van der Waals surface area contributed by atoms with Crippen molar-refractivity contribution in [3.63, 3.8) is 0 Å². The average molecular weight is 263 g/mol. The summed E-state index contributed by atoms with van der Waals surface area (Å²) in [6.45, 7) is 11.2. The van der Waals surface area contributed by atoms with Gasteiger partial charge >= 0.3 is 0 Å². The Balaban J connectivity index is 2.66. The first-order valence-corrected chi connectivity index (χ1v) is 7.34. The molecule has 0 aromatic heterocycles. The predicted octanol–water partition coefficient (Wildman–Crippen LogP) is 4.48. The highest BCUT2D eigenvalue weighted by Gasteiger charge is 2.14. The first-order chi connectivity index (χ1) is 8.93. The Morgan fingerprint density at radius 1 is 1.11 bits per heavy atom. The lowest BCUT2D eigenvalue weighted by Crippen LogP contribution is -2.29. The van der Waals surface area contributed by atoms with Crippen LogP contribution >= 0.6 is 0 Å². The third-order valence-electron chi connectivity index (χ3n) is 3.56. The van der Waals surface area contributed by atoms with Gasteiger partial charge in [-0.2, -0.15) is 0 Å². The summed E-state index contributed by atoms with van der Waals surface area (Å²) in [6.07, 6.45) is 2.49. The average Bonchev–Trinajstić information content (AvgIpc) is 2.36. The molecule has 1 rings (SSSR count). The summed E-state index contributed by atoms with van der Waals surface area (Å²) < 4.78 is 5.46. The van der Waals surface area contributed by atoms with Crippen molar-refractivity contribution < 1.29 is 4.74 Å². The highest BCUT2D eigenvalue weighted by atomic mass is 16.5. The number of nitrogens with one attached hydrogen (secondary N) is 1. The summed E-state index contributed by atoms with van der Waals surface area (Å²) in [4.78, 5) is 0. The molecule has 1 aromatic carbocycles. The van der Waals surface area contributed by atoms with Gasteiger partial charge in [-0.25, -0.2) is 0 Å². The number of benzene rings is 1. The standard InChI is InChI=1S/C17H29NO/c1-12(2)7-9-14(4)18-15(5)16-11-13(3)8-10-17(16)19-6/h8,10-12,14-15,18H,7,9H2,1-6H3. The van der Waals surface area contributed by atoms with Crippen molar-refractivity contribution in [3.8, 4) is 5.75 Å². The third-order valence-corrected chi connectivity index (χ3v) is 3.56. The van der Waals surface area contributed by atoms with Gasteiger partial charge in [0.15, 0.2) is 0 Å². The van der Waals surface area contributed by atoms with Crippen LogP contribution in [0.3, 0.4) is 0 Å². The van der Waals surface area contributed by atoms with Gasteiger partial charge in [-0.1, -0.05) is 31.5 Å². The normalized spacial score (nSPS) is 14.5. The molecular formula is C17H29NO. The van der Waals surface area contributed by atoms with E-state index in [2.05, 4.69) is 58.1 Å². The van der Waals surface area contributed by atoms with Crippen LogP contribution in [0.4, 0.5) is 0 Å². The quantitative estimate of drug-likeness (QED) is 0.783. The molecule has 108 valence electrons. The second kappa shape index (κ2) is 7.54. The smallest absolute Gasteiger partial charge is 0.123 e. The molecule has 2 unspecified atom stereocenters. The monoisotopic (exact) mass is 263 g/mol. The van der Waals surface area contributed by atoms with E-state index in [-0.39, 0.29) is 0 Å². The first-order valence-electron chi connectivity index (χ1n) is 7.34. The van der Waals surface area contributed by atoms with Gasteiger partial charge in [-0.15, -0.1) is 0 Å². The zero-order valence-corrected chi connectivity index (χ0v) is 13.3. The van der Waals surface area contributed by atoms with Gasteiger partial charge in [0.2, 0.25) is 0 Å². The molecule has 0 heterocycles. The SMILES string of the molecule is COc1ccc(C)cc1C(C)NC(C)CCC(C)C. The maximum absolute atomic E-state index is 5.46. The van der Waals surface area contributed by atoms with Crippen LogP contribution in [-0.2, 0) is 0 Å². The van der Waals surface area contributed by atoms with Crippen molar-refractivity contribution in [2.75, 3.05) is 7.11 Å². The molecule has 0 fully saturated rings. The van der Waals surface area contributed by atoms with E-state index in [1.807, 2.05) is 0 Å². The van der Waals surface area contributed by atoms with Gasteiger partial charge in [0.05, 0.1) is 7.11 Å². The summed E-state index contributed by atoms with van der Waals surface area (Å²) in [5.74, 6) is 1.75. The number of rotatable bonds is 7. The Labute approximate surface area is 118 Å². The molecule has 19 heavy (non-hydrogen) atoms. The summed E-state index contributed by atoms with van der Waals surface area (Å²) in [6, 6.07) is 7.21. The van der Waals surface area contributed by atoms with Gasteiger partial charge in [-0.05, 0) is 45.6 Å². The topological polar surface area (TPSA) is 21.3 Å². The Morgan fingerprint density at radius 2 is 1.79 bits per heavy atom. The fraction of sp³-hybridized carbons (Fsp3) is 0.647. The van der Waals surface area contributed by atoms with Crippen LogP contribution in [0.5, 0.6) is 5.75 Å². The van der Waals surface area contributed by atoms with Crippen LogP contribution < -0.4 is 10.1 Å². The molecule has 0 spiro atoms. The fourth-order valence-corrected chi connectivity index (χ4v) is 2.38. The Hall–Kier alpha value is -1.02. The van der Waals surface area contributed by atoms with E-state index in [0.717, 1.165) is 11.7 Å². The second-order valence-corrected chi connectivity index (χ2v) is 6.01. The van der Waals surface area contributed by atoms with Crippen LogP contribution in [0.1, 0.15) is 57.7 Å². The highest BCUT2D eigenvalue weighted by molar-refractivity contribution is 5.38. The lowest BCUT2D eigenvalue weighted by atomic mass is 10.0. The van der Waals surface area contributed by atoms with E-state index < -0.39 is 0 Å². The number of hydrogen-bond donors (Lipinski definition) is 1. The molecule has 0 amide bonds. The van der Waals surface area contributed by atoms with Crippen LogP contribution in [0, 0.1) is 12.8 Å². The van der Waals surface area contributed by atoms with Gasteiger partial charge in [0.1, 0.15) is 5.75 Å². The minimum atomic E-state index is 0.317. The van der Waals surface area contributed by atoms with Crippen LogP contribution in [0.25, 0.3) is 0 Å². The zero-order chi connectivity index (χ0) is 14.4. The highest BCUT2D eigenvalue weighted by Crippen LogP contribution is 2.26. The number of aryl methyl sites for hydroxylation is 1. The lowest BCUT2D eigenvalue weighted by Gasteiger charge is -2.23. The summed E-state index contributed by atoms with van der Waals surface area (Å²) in [7, 11) is 1.74. The minimum absolute atomic E-state index is 0.317. The van der Waals surface area contributed by atoms with E-state index in [0.29, 0.717) is 12.1 Å². The third kappa shape index (κ3) is 5.23. The zero-order valence-electron chi connectivity index (χ0n) is 13.3. The molecule has 0 aliphatic carbocycles. The molecule has 2 heteroatoms. The largest absolute Gasteiger partial charge is 0.496 e. The van der Waals surface area contributed by atoms with Gasteiger partial charge in [-0.3, -0.25) is 0 Å². The Kier molecular flexibility index (Phi) is 6.36.